The first-order chi connectivity index (χ1) is 8.18. The van der Waals surface area contributed by atoms with E-state index >= 15 is 0 Å². The molecule has 0 unspecified atom stereocenters. The predicted octanol–water partition coefficient (Wildman–Crippen LogP) is 0.999. The van der Waals surface area contributed by atoms with E-state index < -0.39 is 0 Å². The molecule has 0 saturated carbocycles. The zero-order chi connectivity index (χ0) is 12.0. The van der Waals surface area contributed by atoms with Gasteiger partial charge in [0.1, 0.15) is 10.7 Å². The molecule has 3 rings (SSSR count). The van der Waals surface area contributed by atoms with E-state index in [1.807, 2.05) is 0 Å². The lowest BCUT2D eigenvalue weighted by Gasteiger charge is -2.09. The third kappa shape index (κ3) is 1.38. The van der Waals surface area contributed by atoms with Gasteiger partial charge in [0.05, 0.1) is 16.1 Å². The van der Waals surface area contributed by atoms with Crippen molar-refractivity contribution in [3.05, 3.63) is 57.5 Å². The third-order valence-electron chi connectivity index (χ3n) is 2.60. The summed E-state index contributed by atoms with van der Waals surface area (Å²) in [6.07, 6.45) is 5.48. The third-order valence-corrected chi connectivity index (χ3v) is 2.90. The quantitative estimate of drug-likeness (QED) is 0.684. The summed E-state index contributed by atoms with van der Waals surface area (Å²) in [7, 11) is 0. The van der Waals surface area contributed by atoms with Crippen LogP contribution >= 0.6 is 11.6 Å². The molecule has 0 N–H and O–H groups in total. The molecule has 0 aliphatic carbocycles. The van der Waals surface area contributed by atoms with Crippen molar-refractivity contribution in [3.63, 3.8) is 0 Å². The first-order valence-electron chi connectivity index (χ1n) is 4.88. The van der Waals surface area contributed by atoms with Crippen molar-refractivity contribution in [3.8, 4) is 0 Å². The first kappa shape index (κ1) is 10.1. The fourth-order valence-electron chi connectivity index (χ4n) is 1.84. The summed E-state index contributed by atoms with van der Waals surface area (Å²) >= 11 is 6.01. The summed E-state index contributed by atoms with van der Waals surface area (Å²) in [6, 6.07) is 1.47. The number of halogens is 1. The molecule has 0 fully saturated rings. The molecule has 0 bridgehead atoms. The molecule has 2 aliphatic rings. The summed E-state index contributed by atoms with van der Waals surface area (Å²) in [5.41, 5.74) is 0.683. The van der Waals surface area contributed by atoms with Gasteiger partial charge < -0.3 is 0 Å². The Balaban J connectivity index is 2.56. The lowest BCUT2D eigenvalue weighted by molar-refractivity contribution is 0.103. The Labute approximate surface area is 101 Å². The molecule has 17 heavy (non-hydrogen) atoms. The highest BCUT2D eigenvalue weighted by Gasteiger charge is 2.20. The lowest BCUT2D eigenvalue weighted by atomic mass is 10.0. The number of carbonyl (C=O) groups excluding carboxylic acids is 2. The normalized spacial score (nSPS) is 16.1. The van der Waals surface area contributed by atoms with Gasteiger partial charge in [0.25, 0.3) is 0 Å². The van der Waals surface area contributed by atoms with Crippen LogP contribution in [-0.2, 0) is 0 Å². The van der Waals surface area contributed by atoms with Gasteiger partial charge in [0.15, 0.2) is 11.6 Å². The first-order valence-corrected chi connectivity index (χ1v) is 5.26. The van der Waals surface area contributed by atoms with E-state index in [-0.39, 0.29) is 16.6 Å². The van der Waals surface area contributed by atoms with Crippen molar-refractivity contribution in [1.29, 1.82) is 0 Å². The van der Waals surface area contributed by atoms with Crippen LogP contribution in [0.25, 0.3) is 0 Å². The van der Waals surface area contributed by atoms with Crippen LogP contribution in [-0.4, -0.2) is 11.6 Å². The number of fused-ring (bicyclic) bond motifs is 3. The van der Waals surface area contributed by atoms with Crippen molar-refractivity contribution >= 4 is 23.2 Å². The Kier molecular flexibility index (Phi) is 2.06. The summed E-state index contributed by atoms with van der Waals surface area (Å²) in [4.78, 5) is 31.5. The van der Waals surface area contributed by atoms with Crippen LogP contribution in [0.2, 0.25) is 5.02 Å². The second-order valence-corrected chi connectivity index (χ2v) is 4.00. The molecule has 0 amide bonds. The highest BCUT2D eigenvalue weighted by atomic mass is 35.5. The second-order valence-electron chi connectivity index (χ2n) is 3.60. The van der Waals surface area contributed by atoms with Crippen molar-refractivity contribution < 1.29 is 9.59 Å². The van der Waals surface area contributed by atoms with Gasteiger partial charge in [0, 0.05) is 24.6 Å². The van der Waals surface area contributed by atoms with Crippen LogP contribution in [0.5, 0.6) is 0 Å². The van der Waals surface area contributed by atoms with Gasteiger partial charge in [-0.05, 0) is 6.07 Å². The van der Waals surface area contributed by atoms with Gasteiger partial charge in [-0.1, -0.05) is 11.6 Å². The Bertz CT molecular complexity index is 745. The number of rotatable bonds is 0. The minimum absolute atomic E-state index is 0.183. The van der Waals surface area contributed by atoms with Gasteiger partial charge in [0.2, 0.25) is 0 Å². The van der Waals surface area contributed by atoms with Crippen LogP contribution in [0.1, 0.15) is 20.7 Å². The number of nitrogens with zero attached hydrogens (tertiary/aromatic N) is 2. The minimum atomic E-state index is -0.222. The Morgan fingerprint density at radius 1 is 0.941 bits per heavy atom. The van der Waals surface area contributed by atoms with E-state index in [0.717, 1.165) is 0 Å². The molecule has 0 spiro atoms. The largest absolute Gasteiger partial charge is 0.289 e. The van der Waals surface area contributed by atoms with E-state index in [0.29, 0.717) is 21.8 Å². The van der Waals surface area contributed by atoms with Crippen molar-refractivity contribution in [2.45, 2.75) is 0 Å². The Morgan fingerprint density at radius 3 is 2.35 bits per heavy atom. The smallest absolute Gasteiger partial charge is 0.191 e. The minimum Gasteiger partial charge on any atom is -0.289 e. The molecule has 0 aromatic heterocycles. The monoisotopic (exact) mass is 244 g/mol. The molecule has 5 heteroatoms. The van der Waals surface area contributed by atoms with E-state index in [2.05, 4.69) is 9.98 Å². The molecule has 1 aromatic rings. The van der Waals surface area contributed by atoms with Crippen LogP contribution in [0.3, 0.4) is 0 Å². The molecule has 82 valence electrons. The lowest BCUT2D eigenvalue weighted by Crippen LogP contribution is -2.37. The summed E-state index contributed by atoms with van der Waals surface area (Å²) in [6.45, 7) is 0. The average molecular weight is 245 g/mol. The number of carbonyl (C=O) groups is 2. The summed E-state index contributed by atoms with van der Waals surface area (Å²) in [5, 5.41) is 1.02. The van der Waals surface area contributed by atoms with Gasteiger partial charge in [-0.2, -0.15) is 0 Å². The van der Waals surface area contributed by atoms with Gasteiger partial charge in [-0.15, -0.1) is 0 Å². The second kappa shape index (κ2) is 3.46. The fraction of sp³-hybridized carbons (Fsp3) is 0. The Hall–Kier alpha value is -2.07. The highest BCUT2D eigenvalue weighted by molar-refractivity contribution is 6.35. The topological polar surface area (TPSA) is 58.9 Å². The maximum atomic E-state index is 11.7. The van der Waals surface area contributed by atoms with E-state index in [1.54, 1.807) is 0 Å². The number of hydrogen-bond donors (Lipinski definition) is 0. The summed E-state index contributed by atoms with van der Waals surface area (Å²) in [5.74, 6) is -0.406. The molecule has 0 saturated heterocycles. The van der Waals surface area contributed by atoms with Gasteiger partial charge in [-0.25, -0.2) is 0 Å². The standard InChI is InChI=1S/C12H5ClN2O2/c13-7-5-6-8(16)1-3-14-11(6)12-10(7)9(17)2-4-15-12/h1-5H. The molecule has 0 radical (unpaired) electrons. The maximum Gasteiger partial charge on any atom is 0.191 e. The fourth-order valence-corrected chi connectivity index (χ4v) is 2.13. The molecular formula is C12H5ClN2O2. The zero-order valence-corrected chi connectivity index (χ0v) is 9.23. The molecule has 0 atom stereocenters. The number of benzene rings is 1. The number of hydrogen-bond acceptors (Lipinski definition) is 4. The summed E-state index contributed by atoms with van der Waals surface area (Å²) < 4.78 is 0. The van der Waals surface area contributed by atoms with E-state index in [4.69, 9.17) is 11.6 Å². The van der Waals surface area contributed by atoms with Crippen molar-refractivity contribution in [1.82, 2.24) is 0 Å². The Morgan fingerprint density at radius 2 is 1.59 bits per heavy atom. The van der Waals surface area contributed by atoms with E-state index in [9.17, 15) is 9.59 Å². The SMILES string of the molecule is O=C1C=CN=c2c1cc(Cl)c1c2=NC=CC1=O. The number of ketones is 2. The predicted molar refractivity (Wildman–Crippen MR) is 60.7 cm³/mol. The van der Waals surface area contributed by atoms with Crippen molar-refractivity contribution in [2.24, 2.45) is 9.98 Å². The van der Waals surface area contributed by atoms with Gasteiger partial charge >= 0.3 is 0 Å². The van der Waals surface area contributed by atoms with Crippen LogP contribution < -0.4 is 10.7 Å². The molecule has 4 nitrogen and oxygen atoms in total. The van der Waals surface area contributed by atoms with Crippen molar-refractivity contribution in [2.75, 3.05) is 0 Å². The molecule has 2 heterocycles. The average Bonchev–Trinajstić information content (AvgIpc) is 2.31. The molecule has 1 aromatic carbocycles. The van der Waals surface area contributed by atoms with Crippen LogP contribution in [0.4, 0.5) is 0 Å². The highest BCUT2D eigenvalue weighted by Crippen LogP contribution is 2.16. The molecular weight excluding hydrogens is 240 g/mol. The van der Waals surface area contributed by atoms with Crippen LogP contribution in [0, 0.1) is 0 Å². The van der Waals surface area contributed by atoms with E-state index in [1.165, 1.54) is 30.6 Å². The van der Waals surface area contributed by atoms with Gasteiger partial charge in [-0.3, -0.25) is 19.6 Å². The number of allylic oxidation sites excluding steroid dienone is 2. The maximum absolute atomic E-state index is 11.7. The van der Waals surface area contributed by atoms with Crippen LogP contribution in [0.15, 0.2) is 40.6 Å². The molecule has 2 aliphatic heterocycles. The zero-order valence-electron chi connectivity index (χ0n) is 8.48.